The second-order valence-electron chi connectivity index (χ2n) is 4.66. The first-order chi connectivity index (χ1) is 8.78. The summed E-state index contributed by atoms with van der Waals surface area (Å²) in [5.74, 6) is 1.66. The fourth-order valence-corrected chi connectivity index (χ4v) is 2.53. The molecule has 0 bridgehead atoms. The molecule has 4 nitrogen and oxygen atoms in total. The molecule has 100 valence electrons. The Kier molecular flexibility index (Phi) is 4.44. The maximum atomic E-state index is 5.46. The second-order valence-corrected chi connectivity index (χ2v) is 4.66. The minimum Gasteiger partial charge on any atom is -0.493 e. The van der Waals surface area contributed by atoms with Crippen LogP contribution in [0.25, 0.3) is 0 Å². The highest BCUT2D eigenvalue weighted by Crippen LogP contribution is 2.32. The predicted molar refractivity (Wildman–Crippen MR) is 72.3 cm³/mol. The summed E-state index contributed by atoms with van der Waals surface area (Å²) in [7, 11) is 5.40. The molecular weight excluding hydrogens is 228 g/mol. The zero-order chi connectivity index (χ0) is 13.0. The number of hydrogen-bond donors (Lipinski definition) is 1. The molecule has 1 aromatic carbocycles. The fourth-order valence-electron chi connectivity index (χ4n) is 2.53. The number of nitrogens with zero attached hydrogens (tertiary/aromatic N) is 1. The van der Waals surface area contributed by atoms with Crippen molar-refractivity contribution in [3.63, 3.8) is 0 Å². The topological polar surface area (TPSA) is 33.7 Å². The molecule has 1 atom stereocenters. The molecule has 1 unspecified atom stereocenters. The zero-order valence-corrected chi connectivity index (χ0v) is 11.4. The van der Waals surface area contributed by atoms with Crippen LogP contribution in [-0.2, 0) is 6.54 Å². The smallest absolute Gasteiger partial charge is 0.165 e. The molecule has 0 aromatic heterocycles. The molecule has 18 heavy (non-hydrogen) atoms. The van der Waals surface area contributed by atoms with Crippen molar-refractivity contribution in [2.24, 2.45) is 0 Å². The first-order valence-corrected chi connectivity index (χ1v) is 6.38. The van der Waals surface area contributed by atoms with Crippen molar-refractivity contribution >= 4 is 0 Å². The SMILES string of the molecule is CNC1CCN(Cc2cccc(OC)c2OC)C1. The minimum absolute atomic E-state index is 0.613. The highest BCUT2D eigenvalue weighted by molar-refractivity contribution is 5.46. The van der Waals surface area contributed by atoms with Gasteiger partial charge in [0.05, 0.1) is 14.2 Å². The van der Waals surface area contributed by atoms with Crippen LogP contribution >= 0.6 is 0 Å². The van der Waals surface area contributed by atoms with Gasteiger partial charge in [0.25, 0.3) is 0 Å². The summed E-state index contributed by atoms with van der Waals surface area (Å²) in [5, 5.41) is 3.33. The van der Waals surface area contributed by atoms with Crippen LogP contribution < -0.4 is 14.8 Å². The van der Waals surface area contributed by atoms with Crippen molar-refractivity contribution in [3.8, 4) is 11.5 Å². The van der Waals surface area contributed by atoms with E-state index >= 15 is 0 Å². The van der Waals surface area contributed by atoms with Crippen LogP contribution in [0.5, 0.6) is 11.5 Å². The van der Waals surface area contributed by atoms with E-state index < -0.39 is 0 Å². The number of rotatable bonds is 5. The highest BCUT2D eigenvalue weighted by Gasteiger charge is 2.22. The molecule has 0 radical (unpaired) electrons. The van der Waals surface area contributed by atoms with Crippen LogP contribution in [0.4, 0.5) is 0 Å². The third kappa shape index (κ3) is 2.76. The van der Waals surface area contributed by atoms with E-state index in [2.05, 4.69) is 16.3 Å². The molecule has 4 heteroatoms. The Labute approximate surface area is 109 Å². The molecule has 1 heterocycles. The second kappa shape index (κ2) is 6.07. The van der Waals surface area contributed by atoms with Crippen molar-refractivity contribution in [2.75, 3.05) is 34.4 Å². The molecule has 1 aliphatic rings. The Bertz CT molecular complexity index is 395. The molecular formula is C14H22N2O2. The van der Waals surface area contributed by atoms with E-state index in [1.807, 2.05) is 19.2 Å². The third-order valence-electron chi connectivity index (χ3n) is 3.56. The van der Waals surface area contributed by atoms with Crippen LogP contribution in [0, 0.1) is 0 Å². The Morgan fingerprint density at radius 2 is 2.17 bits per heavy atom. The maximum absolute atomic E-state index is 5.46. The Hall–Kier alpha value is -1.26. The van der Waals surface area contributed by atoms with Gasteiger partial charge >= 0.3 is 0 Å². The van der Waals surface area contributed by atoms with Gasteiger partial charge in [0.2, 0.25) is 0 Å². The summed E-state index contributed by atoms with van der Waals surface area (Å²) in [6.45, 7) is 3.14. The number of nitrogens with one attached hydrogen (secondary N) is 1. The monoisotopic (exact) mass is 250 g/mol. The molecule has 1 aromatic rings. The number of ether oxygens (including phenoxy) is 2. The zero-order valence-electron chi connectivity index (χ0n) is 11.4. The van der Waals surface area contributed by atoms with Gasteiger partial charge in [-0.2, -0.15) is 0 Å². The van der Waals surface area contributed by atoms with E-state index in [-0.39, 0.29) is 0 Å². The maximum Gasteiger partial charge on any atom is 0.165 e. The van der Waals surface area contributed by atoms with E-state index in [1.165, 1.54) is 12.0 Å². The lowest BCUT2D eigenvalue weighted by molar-refractivity contribution is 0.306. The summed E-state index contributed by atoms with van der Waals surface area (Å²) in [5.41, 5.74) is 1.19. The molecule has 1 saturated heterocycles. The van der Waals surface area contributed by atoms with Gasteiger partial charge in [0.15, 0.2) is 11.5 Å². The van der Waals surface area contributed by atoms with Gasteiger partial charge in [-0.1, -0.05) is 12.1 Å². The van der Waals surface area contributed by atoms with Crippen molar-refractivity contribution < 1.29 is 9.47 Å². The molecule has 1 fully saturated rings. The first kappa shape index (κ1) is 13.2. The van der Waals surface area contributed by atoms with E-state index in [0.717, 1.165) is 31.1 Å². The minimum atomic E-state index is 0.613. The third-order valence-corrected chi connectivity index (χ3v) is 3.56. The number of likely N-dealkylation sites (N-methyl/N-ethyl adjacent to an activating group) is 1. The number of hydrogen-bond acceptors (Lipinski definition) is 4. The van der Waals surface area contributed by atoms with Crippen LogP contribution in [0.2, 0.25) is 0 Å². The average Bonchev–Trinajstić information content (AvgIpc) is 2.86. The molecule has 0 amide bonds. The van der Waals surface area contributed by atoms with Gasteiger partial charge in [-0.25, -0.2) is 0 Å². The van der Waals surface area contributed by atoms with Gasteiger partial charge in [0.1, 0.15) is 0 Å². The largest absolute Gasteiger partial charge is 0.493 e. The summed E-state index contributed by atoms with van der Waals surface area (Å²) < 4.78 is 10.8. The lowest BCUT2D eigenvalue weighted by Crippen LogP contribution is -2.29. The van der Waals surface area contributed by atoms with E-state index in [4.69, 9.17) is 9.47 Å². The molecule has 1 N–H and O–H groups in total. The summed E-state index contributed by atoms with van der Waals surface area (Å²) in [6.07, 6.45) is 1.21. The quantitative estimate of drug-likeness (QED) is 0.858. The molecule has 0 saturated carbocycles. The van der Waals surface area contributed by atoms with Gasteiger partial charge in [0, 0.05) is 31.2 Å². The summed E-state index contributed by atoms with van der Waals surface area (Å²) in [6, 6.07) is 6.67. The van der Waals surface area contributed by atoms with Gasteiger partial charge in [-0.05, 0) is 19.5 Å². The van der Waals surface area contributed by atoms with Crippen LogP contribution in [-0.4, -0.2) is 45.3 Å². The van der Waals surface area contributed by atoms with Crippen molar-refractivity contribution in [1.82, 2.24) is 10.2 Å². The Morgan fingerprint density at radius 3 is 2.78 bits per heavy atom. The van der Waals surface area contributed by atoms with Crippen molar-refractivity contribution in [1.29, 1.82) is 0 Å². The lowest BCUT2D eigenvalue weighted by atomic mass is 10.1. The van der Waals surface area contributed by atoms with Gasteiger partial charge < -0.3 is 14.8 Å². The van der Waals surface area contributed by atoms with Crippen molar-refractivity contribution in [3.05, 3.63) is 23.8 Å². The molecule has 0 spiro atoms. The van der Waals surface area contributed by atoms with Crippen LogP contribution in [0.15, 0.2) is 18.2 Å². The first-order valence-electron chi connectivity index (χ1n) is 6.38. The molecule has 2 rings (SSSR count). The number of benzene rings is 1. The Morgan fingerprint density at radius 1 is 1.33 bits per heavy atom. The Balaban J connectivity index is 2.09. The predicted octanol–water partition coefficient (Wildman–Crippen LogP) is 1.50. The highest BCUT2D eigenvalue weighted by atomic mass is 16.5. The van der Waals surface area contributed by atoms with E-state index in [1.54, 1.807) is 14.2 Å². The fraction of sp³-hybridized carbons (Fsp3) is 0.571. The normalized spacial score (nSPS) is 20.1. The number of likely N-dealkylation sites (tertiary alicyclic amines) is 1. The van der Waals surface area contributed by atoms with Gasteiger partial charge in [-0.15, -0.1) is 0 Å². The summed E-state index contributed by atoms with van der Waals surface area (Å²) in [4.78, 5) is 2.44. The standard InChI is InChI=1S/C14H22N2O2/c1-15-12-7-8-16(10-12)9-11-5-4-6-13(17-2)14(11)18-3/h4-6,12,15H,7-10H2,1-3H3. The molecule has 1 aliphatic heterocycles. The van der Waals surface area contributed by atoms with E-state index in [0.29, 0.717) is 6.04 Å². The lowest BCUT2D eigenvalue weighted by Gasteiger charge is -2.19. The average molecular weight is 250 g/mol. The summed E-state index contributed by atoms with van der Waals surface area (Å²) >= 11 is 0. The van der Waals surface area contributed by atoms with E-state index in [9.17, 15) is 0 Å². The molecule has 0 aliphatic carbocycles. The number of para-hydroxylation sites is 1. The number of methoxy groups -OCH3 is 2. The van der Waals surface area contributed by atoms with Crippen LogP contribution in [0.1, 0.15) is 12.0 Å². The van der Waals surface area contributed by atoms with Gasteiger partial charge in [-0.3, -0.25) is 4.90 Å². The van der Waals surface area contributed by atoms with Crippen LogP contribution in [0.3, 0.4) is 0 Å². The van der Waals surface area contributed by atoms with Crippen molar-refractivity contribution in [2.45, 2.75) is 19.0 Å².